The second-order valence-electron chi connectivity index (χ2n) is 8.27. The molecule has 0 saturated heterocycles. The van der Waals surface area contributed by atoms with Crippen LogP contribution in [0.4, 0.5) is 5.69 Å². The Bertz CT molecular complexity index is 1120. The molecule has 2 amide bonds. The summed E-state index contributed by atoms with van der Waals surface area (Å²) in [4.78, 5) is 28.8. The van der Waals surface area contributed by atoms with Crippen molar-refractivity contribution in [1.29, 1.82) is 0 Å². The van der Waals surface area contributed by atoms with E-state index < -0.39 is 0 Å². The molecule has 2 aromatic carbocycles. The van der Waals surface area contributed by atoms with E-state index in [1.54, 1.807) is 24.4 Å². The topological polar surface area (TPSA) is 117 Å². The van der Waals surface area contributed by atoms with Gasteiger partial charge < -0.3 is 21.5 Å². The minimum atomic E-state index is -0.198. The second-order valence-corrected chi connectivity index (χ2v) is 8.27. The van der Waals surface area contributed by atoms with E-state index in [-0.39, 0.29) is 36.0 Å². The number of unbranched alkanes of at least 4 members (excludes halogenated alkanes) is 2. The Labute approximate surface area is 199 Å². The molecule has 33 heavy (non-hydrogen) atoms. The molecule has 2 atom stereocenters. The van der Waals surface area contributed by atoms with Gasteiger partial charge in [0.05, 0.1) is 0 Å². The summed E-state index contributed by atoms with van der Waals surface area (Å²) < 4.78 is 0. The lowest BCUT2D eigenvalue weighted by Gasteiger charge is -2.09. The lowest BCUT2D eigenvalue weighted by molar-refractivity contribution is -0.116. The molecule has 5 N–H and O–H groups in total. The zero-order valence-corrected chi connectivity index (χ0v) is 19.1. The predicted octanol–water partition coefficient (Wildman–Crippen LogP) is 4.11. The van der Waals surface area contributed by atoms with Gasteiger partial charge in [0.25, 0.3) is 5.91 Å². The van der Waals surface area contributed by atoms with E-state index in [0.29, 0.717) is 35.3 Å². The van der Waals surface area contributed by atoms with Gasteiger partial charge in [0.1, 0.15) is 11.3 Å². The van der Waals surface area contributed by atoms with Gasteiger partial charge in [-0.2, -0.15) is 0 Å². The van der Waals surface area contributed by atoms with E-state index in [4.69, 9.17) is 5.73 Å². The number of aromatic nitrogens is 1. The molecule has 0 spiro atoms. The monoisotopic (exact) mass is 468 g/mol. The third kappa shape index (κ3) is 6.21. The molecule has 1 aromatic heterocycles. The summed E-state index contributed by atoms with van der Waals surface area (Å²) in [5.41, 5.74) is 8.81. The van der Waals surface area contributed by atoms with Crippen molar-refractivity contribution in [2.24, 2.45) is 5.73 Å². The molecule has 3 aromatic rings. The van der Waals surface area contributed by atoms with Gasteiger partial charge in [0.2, 0.25) is 5.91 Å². The van der Waals surface area contributed by atoms with Crippen LogP contribution in [0.15, 0.2) is 54.7 Å². The number of phenols is 1. The summed E-state index contributed by atoms with van der Waals surface area (Å²) in [5, 5.41) is 16.4. The maximum absolute atomic E-state index is 12.5. The Morgan fingerprint density at radius 3 is 2.55 bits per heavy atom. The minimum Gasteiger partial charge on any atom is -0.506 e. The van der Waals surface area contributed by atoms with Crippen LogP contribution in [0.2, 0.25) is 0 Å². The molecule has 8 heteroatoms. The number of benzene rings is 2. The number of amides is 2. The molecule has 4 rings (SSSR count). The van der Waals surface area contributed by atoms with Crippen LogP contribution in [0.5, 0.6) is 5.75 Å². The molecule has 1 aliphatic rings. The third-order valence-electron chi connectivity index (χ3n) is 5.82. The molecule has 0 aliphatic heterocycles. The van der Waals surface area contributed by atoms with Gasteiger partial charge in [-0.25, -0.2) is 0 Å². The Balaban J connectivity index is 0.00000306. The number of rotatable bonds is 9. The zero-order chi connectivity index (χ0) is 22.5. The highest BCUT2D eigenvalue weighted by Gasteiger charge is 2.34. The predicted molar refractivity (Wildman–Crippen MR) is 132 cm³/mol. The number of fused-ring (bicyclic) bond motifs is 1. The van der Waals surface area contributed by atoms with Gasteiger partial charge in [0, 0.05) is 47.8 Å². The smallest absolute Gasteiger partial charge is 0.251 e. The van der Waals surface area contributed by atoms with E-state index >= 15 is 0 Å². The lowest BCUT2D eigenvalue weighted by Crippen LogP contribution is -2.24. The first-order valence-electron chi connectivity index (χ1n) is 11.0. The molecule has 1 aliphatic carbocycles. The van der Waals surface area contributed by atoms with Gasteiger partial charge >= 0.3 is 0 Å². The van der Waals surface area contributed by atoms with Crippen molar-refractivity contribution < 1.29 is 14.7 Å². The van der Waals surface area contributed by atoms with Crippen molar-refractivity contribution in [3.63, 3.8) is 0 Å². The van der Waals surface area contributed by atoms with Crippen LogP contribution in [-0.4, -0.2) is 34.5 Å². The number of nitrogens with zero attached hydrogens (tertiary/aromatic N) is 1. The quantitative estimate of drug-likeness (QED) is 0.352. The maximum Gasteiger partial charge on any atom is 0.251 e. The SMILES string of the molecule is Cl.N[C@H]1C[C@@H]1c1ccc(NC(=O)CCCCCNC(=O)c2ccc(O)c3ncccc23)cc1. The van der Waals surface area contributed by atoms with Crippen LogP contribution in [-0.2, 0) is 4.79 Å². The van der Waals surface area contributed by atoms with Crippen LogP contribution in [0.25, 0.3) is 10.9 Å². The Hall–Kier alpha value is -3.16. The first-order chi connectivity index (χ1) is 15.5. The van der Waals surface area contributed by atoms with E-state index in [0.717, 1.165) is 31.4 Å². The van der Waals surface area contributed by atoms with Crippen LogP contribution >= 0.6 is 12.4 Å². The summed E-state index contributed by atoms with van der Waals surface area (Å²) in [7, 11) is 0. The molecule has 174 valence electrons. The Morgan fingerprint density at radius 2 is 1.82 bits per heavy atom. The molecular weight excluding hydrogens is 440 g/mol. The fourth-order valence-corrected chi connectivity index (χ4v) is 3.88. The Morgan fingerprint density at radius 1 is 1.06 bits per heavy atom. The van der Waals surface area contributed by atoms with Crippen molar-refractivity contribution in [3.05, 3.63) is 65.9 Å². The number of aromatic hydroxyl groups is 1. The number of hydrogen-bond donors (Lipinski definition) is 4. The number of halogens is 1. The van der Waals surface area contributed by atoms with Crippen molar-refractivity contribution >= 4 is 40.8 Å². The van der Waals surface area contributed by atoms with E-state index in [1.807, 2.05) is 24.3 Å². The van der Waals surface area contributed by atoms with Crippen LogP contribution in [0.1, 0.15) is 53.9 Å². The number of phenolic OH excluding ortho intramolecular Hbond substituents is 1. The largest absolute Gasteiger partial charge is 0.506 e. The third-order valence-corrected chi connectivity index (χ3v) is 5.82. The first-order valence-corrected chi connectivity index (χ1v) is 11.0. The van der Waals surface area contributed by atoms with Gasteiger partial charge in [-0.05, 0) is 55.2 Å². The van der Waals surface area contributed by atoms with E-state index in [1.165, 1.54) is 11.6 Å². The normalized spacial score (nSPS) is 16.6. The van der Waals surface area contributed by atoms with Crippen LogP contribution in [0, 0.1) is 0 Å². The average molecular weight is 469 g/mol. The molecule has 0 unspecified atom stereocenters. The second kappa shape index (κ2) is 11.1. The average Bonchev–Trinajstić information content (AvgIpc) is 3.53. The number of hydrogen-bond acceptors (Lipinski definition) is 5. The van der Waals surface area contributed by atoms with Gasteiger partial charge in [-0.15, -0.1) is 12.4 Å². The molecular formula is C25H29ClN4O3. The number of nitrogens with one attached hydrogen (secondary N) is 2. The number of carbonyl (C=O) groups excluding carboxylic acids is 2. The number of pyridine rings is 1. The van der Waals surface area contributed by atoms with Gasteiger partial charge in [-0.3, -0.25) is 14.6 Å². The van der Waals surface area contributed by atoms with Crippen LogP contribution < -0.4 is 16.4 Å². The van der Waals surface area contributed by atoms with Gasteiger partial charge in [-0.1, -0.05) is 24.6 Å². The first kappa shape index (κ1) is 24.5. The number of anilines is 1. The minimum absolute atomic E-state index is 0. The summed E-state index contributed by atoms with van der Waals surface area (Å²) in [6.07, 6.45) is 5.43. The highest BCUT2D eigenvalue weighted by molar-refractivity contribution is 6.07. The Kier molecular flexibility index (Phi) is 8.25. The molecule has 0 bridgehead atoms. The summed E-state index contributed by atoms with van der Waals surface area (Å²) in [6.45, 7) is 0.522. The number of carbonyl (C=O) groups is 2. The molecule has 1 saturated carbocycles. The molecule has 0 radical (unpaired) electrons. The number of nitrogens with two attached hydrogens (primary N) is 1. The van der Waals surface area contributed by atoms with E-state index in [9.17, 15) is 14.7 Å². The fourth-order valence-electron chi connectivity index (χ4n) is 3.88. The lowest BCUT2D eigenvalue weighted by atomic mass is 10.1. The highest BCUT2D eigenvalue weighted by Crippen LogP contribution is 2.39. The van der Waals surface area contributed by atoms with Crippen molar-refractivity contribution in [2.75, 3.05) is 11.9 Å². The molecule has 1 fully saturated rings. The van der Waals surface area contributed by atoms with Gasteiger partial charge in [0.15, 0.2) is 0 Å². The van der Waals surface area contributed by atoms with Crippen molar-refractivity contribution in [1.82, 2.24) is 10.3 Å². The van der Waals surface area contributed by atoms with Crippen molar-refractivity contribution in [3.8, 4) is 5.75 Å². The molecule has 1 heterocycles. The zero-order valence-electron chi connectivity index (χ0n) is 18.3. The standard InChI is InChI=1S/C25H28N4O3.ClH/c26-21-15-20(21)16-7-9-17(10-8-16)29-23(31)6-2-1-3-13-28-25(32)19-11-12-22(30)24-18(19)5-4-14-27-24;/h4-5,7-12,14,20-21,30H,1-3,6,13,15,26H2,(H,28,32)(H,29,31);1H/t20-,21+;/m1./s1. The molecule has 7 nitrogen and oxygen atoms in total. The van der Waals surface area contributed by atoms with Crippen LogP contribution in [0.3, 0.4) is 0 Å². The fraction of sp³-hybridized carbons (Fsp3) is 0.320. The van der Waals surface area contributed by atoms with Crippen molar-refractivity contribution in [2.45, 2.75) is 44.1 Å². The summed E-state index contributed by atoms with van der Waals surface area (Å²) in [5.74, 6) is 0.312. The summed E-state index contributed by atoms with van der Waals surface area (Å²) >= 11 is 0. The maximum atomic E-state index is 12.5. The highest BCUT2D eigenvalue weighted by atomic mass is 35.5. The summed E-state index contributed by atoms with van der Waals surface area (Å²) in [6, 6.07) is 14.8. The van der Waals surface area contributed by atoms with E-state index in [2.05, 4.69) is 15.6 Å².